The van der Waals surface area contributed by atoms with Crippen LogP contribution in [0.5, 0.6) is 0 Å². The number of aromatic nitrogens is 1. The summed E-state index contributed by atoms with van der Waals surface area (Å²) in [7, 11) is 0. The number of carbonyl (C=O) groups excluding carboxylic acids is 1. The van der Waals surface area contributed by atoms with Gasteiger partial charge < -0.3 is 10.2 Å². The number of nitrogens with zero attached hydrogens (tertiary/aromatic N) is 2. The number of hydrogen-bond donors (Lipinski definition) is 1. The Hall–Kier alpha value is -1.65. The first kappa shape index (κ1) is 11.8. The minimum atomic E-state index is -0.468. The van der Waals surface area contributed by atoms with Gasteiger partial charge in [0.15, 0.2) is 0 Å². The van der Waals surface area contributed by atoms with E-state index in [0.717, 1.165) is 19.4 Å². The maximum Gasteiger partial charge on any atom is 0.217 e. The van der Waals surface area contributed by atoms with Gasteiger partial charge in [0.05, 0.1) is 0 Å². The summed E-state index contributed by atoms with van der Waals surface area (Å²) in [5, 5.41) is 2.89. The fourth-order valence-electron chi connectivity index (χ4n) is 2.16. The molecule has 1 fully saturated rings. The quantitative estimate of drug-likeness (QED) is 0.789. The average Bonchev–Trinajstić information content (AvgIpc) is 2.28. The number of pyridine rings is 1. The Morgan fingerprint density at radius 2 is 2.41 bits per heavy atom. The summed E-state index contributed by atoms with van der Waals surface area (Å²) < 4.78 is 13.0. The first-order valence-corrected chi connectivity index (χ1v) is 5.80. The molecule has 1 N–H and O–H groups in total. The lowest BCUT2D eigenvalue weighted by Gasteiger charge is -2.33. The van der Waals surface area contributed by atoms with E-state index in [-0.39, 0.29) is 11.9 Å². The summed E-state index contributed by atoms with van der Waals surface area (Å²) in [4.78, 5) is 16.9. The lowest BCUT2D eigenvalue weighted by Crippen LogP contribution is -2.47. The Balaban J connectivity index is 2.04. The van der Waals surface area contributed by atoms with E-state index in [4.69, 9.17) is 0 Å². The smallest absolute Gasteiger partial charge is 0.217 e. The third-order valence-corrected chi connectivity index (χ3v) is 2.85. The molecule has 1 atom stereocenters. The maximum atomic E-state index is 13.0. The second kappa shape index (κ2) is 5.12. The first-order chi connectivity index (χ1) is 8.15. The fraction of sp³-hybridized carbons (Fsp3) is 0.500. The third-order valence-electron chi connectivity index (χ3n) is 2.85. The highest BCUT2D eigenvalue weighted by Gasteiger charge is 2.21. The largest absolute Gasteiger partial charge is 0.354 e. The molecule has 1 aliphatic heterocycles. The van der Waals surface area contributed by atoms with E-state index in [0.29, 0.717) is 12.4 Å². The van der Waals surface area contributed by atoms with Crippen molar-refractivity contribution in [2.24, 2.45) is 0 Å². The second-order valence-corrected chi connectivity index (χ2v) is 4.30. The van der Waals surface area contributed by atoms with Crippen molar-refractivity contribution < 1.29 is 9.18 Å². The molecule has 1 aromatic rings. The molecule has 1 aromatic heterocycles. The predicted molar refractivity (Wildman–Crippen MR) is 63.2 cm³/mol. The summed E-state index contributed by atoms with van der Waals surface area (Å²) in [6.07, 6.45) is 1.94. The van der Waals surface area contributed by atoms with E-state index < -0.39 is 5.95 Å². The number of halogens is 1. The molecule has 5 heteroatoms. The van der Waals surface area contributed by atoms with Crippen molar-refractivity contribution in [2.45, 2.75) is 25.8 Å². The van der Waals surface area contributed by atoms with Crippen LogP contribution in [-0.2, 0) is 4.79 Å². The SMILES string of the molecule is CC(=O)N[C@H]1CCCN(c2cccc(F)n2)C1. The van der Waals surface area contributed by atoms with E-state index >= 15 is 0 Å². The second-order valence-electron chi connectivity index (χ2n) is 4.30. The number of rotatable bonds is 2. The summed E-state index contributed by atoms with van der Waals surface area (Å²) in [5.74, 6) is 0.147. The number of anilines is 1. The van der Waals surface area contributed by atoms with Crippen LogP contribution in [0.15, 0.2) is 18.2 Å². The van der Waals surface area contributed by atoms with Crippen LogP contribution in [0, 0.1) is 5.95 Å². The average molecular weight is 237 g/mol. The van der Waals surface area contributed by atoms with Crippen LogP contribution < -0.4 is 10.2 Å². The molecule has 0 radical (unpaired) electrons. The number of piperidine rings is 1. The van der Waals surface area contributed by atoms with Crippen LogP contribution in [0.2, 0.25) is 0 Å². The van der Waals surface area contributed by atoms with Gasteiger partial charge in [-0.1, -0.05) is 6.07 Å². The minimum absolute atomic E-state index is 0.0240. The molecule has 0 unspecified atom stereocenters. The van der Waals surface area contributed by atoms with Crippen LogP contribution in [0.1, 0.15) is 19.8 Å². The Morgan fingerprint density at radius 1 is 1.59 bits per heavy atom. The van der Waals surface area contributed by atoms with E-state index in [2.05, 4.69) is 10.3 Å². The van der Waals surface area contributed by atoms with Crippen LogP contribution in [0.4, 0.5) is 10.2 Å². The molecule has 0 saturated carbocycles. The zero-order valence-corrected chi connectivity index (χ0v) is 9.82. The monoisotopic (exact) mass is 237 g/mol. The topological polar surface area (TPSA) is 45.2 Å². The van der Waals surface area contributed by atoms with E-state index in [1.165, 1.54) is 13.0 Å². The Bertz CT molecular complexity index is 410. The highest BCUT2D eigenvalue weighted by molar-refractivity contribution is 5.73. The Labute approximate surface area is 99.8 Å². The molecule has 0 bridgehead atoms. The van der Waals surface area contributed by atoms with Crippen molar-refractivity contribution in [3.8, 4) is 0 Å². The van der Waals surface area contributed by atoms with Crippen molar-refractivity contribution >= 4 is 11.7 Å². The summed E-state index contributed by atoms with van der Waals surface area (Å²) >= 11 is 0. The highest BCUT2D eigenvalue weighted by atomic mass is 19.1. The highest BCUT2D eigenvalue weighted by Crippen LogP contribution is 2.17. The van der Waals surface area contributed by atoms with Gasteiger partial charge in [0, 0.05) is 26.1 Å². The molecule has 4 nitrogen and oxygen atoms in total. The van der Waals surface area contributed by atoms with Gasteiger partial charge in [0.25, 0.3) is 0 Å². The minimum Gasteiger partial charge on any atom is -0.354 e. The molecule has 0 spiro atoms. The van der Waals surface area contributed by atoms with Crippen LogP contribution in [0.3, 0.4) is 0 Å². The standard InChI is InChI=1S/C12H16FN3O/c1-9(17)14-10-4-3-7-16(8-10)12-6-2-5-11(13)15-12/h2,5-6,10H,3-4,7-8H2,1H3,(H,14,17)/t10-/m0/s1. The molecule has 1 saturated heterocycles. The molecule has 2 heterocycles. The number of nitrogens with one attached hydrogen (secondary N) is 1. The molecule has 1 amide bonds. The molecule has 1 aliphatic rings. The van der Waals surface area contributed by atoms with Gasteiger partial charge in [-0.2, -0.15) is 4.39 Å². The normalized spacial score (nSPS) is 20.1. The molecule has 0 aromatic carbocycles. The van der Waals surface area contributed by atoms with Gasteiger partial charge in [0.2, 0.25) is 11.9 Å². The lowest BCUT2D eigenvalue weighted by atomic mass is 10.1. The number of hydrogen-bond acceptors (Lipinski definition) is 3. The van der Waals surface area contributed by atoms with E-state index in [1.54, 1.807) is 12.1 Å². The summed E-state index contributed by atoms with van der Waals surface area (Å²) in [6.45, 7) is 3.06. The molecular weight excluding hydrogens is 221 g/mol. The first-order valence-electron chi connectivity index (χ1n) is 5.80. The molecule has 92 valence electrons. The maximum absolute atomic E-state index is 13.0. The van der Waals surface area contributed by atoms with Gasteiger partial charge >= 0.3 is 0 Å². The summed E-state index contributed by atoms with van der Waals surface area (Å²) in [5.41, 5.74) is 0. The van der Waals surface area contributed by atoms with E-state index in [1.807, 2.05) is 4.90 Å². The molecule has 0 aliphatic carbocycles. The van der Waals surface area contributed by atoms with Crippen LogP contribution in [0.25, 0.3) is 0 Å². The van der Waals surface area contributed by atoms with Crippen molar-refractivity contribution in [1.29, 1.82) is 0 Å². The lowest BCUT2D eigenvalue weighted by molar-refractivity contribution is -0.119. The third kappa shape index (κ3) is 3.15. The van der Waals surface area contributed by atoms with Crippen molar-refractivity contribution in [3.05, 3.63) is 24.1 Å². The van der Waals surface area contributed by atoms with Gasteiger partial charge in [-0.3, -0.25) is 4.79 Å². The molecular formula is C12H16FN3O. The predicted octanol–water partition coefficient (Wildman–Crippen LogP) is 1.33. The van der Waals surface area contributed by atoms with Crippen molar-refractivity contribution in [3.63, 3.8) is 0 Å². The molecule has 17 heavy (non-hydrogen) atoms. The van der Waals surface area contributed by atoms with Gasteiger partial charge in [-0.15, -0.1) is 0 Å². The Morgan fingerprint density at radius 3 is 3.12 bits per heavy atom. The van der Waals surface area contributed by atoms with Crippen molar-refractivity contribution in [1.82, 2.24) is 10.3 Å². The van der Waals surface area contributed by atoms with Crippen LogP contribution in [-0.4, -0.2) is 30.0 Å². The number of amides is 1. The molecule has 2 rings (SSSR count). The van der Waals surface area contributed by atoms with Crippen molar-refractivity contribution in [2.75, 3.05) is 18.0 Å². The fourth-order valence-corrected chi connectivity index (χ4v) is 2.16. The summed E-state index contributed by atoms with van der Waals surface area (Å²) in [6, 6.07) is 4.91. The number of carbonyl (C=O) groups is 1. The zero-order valence-electron chi connectivity index (χ0n) is 9.82. The van der Waals surface area contributed by atoms with Gasteiger partial charge in [0.1, 0.15) is 5.82 Å². The van der Waals surface area contributed by atoms with Gasteiger partial charge in [-0.25, -0.2) is 4.98 Å². The zero-order chi connectivity index (χ0) is 12.3. The Kier molecular flexibility index (Phi) is 3.56. The van der Waals surface area contributed by atoms with Crippen LogP contribution >= 0.6 is 0 Å². The van der Waals surface area contributed by atoms with Gasteiger partial charge in [-0.05, 0) is 25.0 Å². The van der Waals surface area contributed by atoms with E-state index in [9.17, 15) is 9.18 Å².